The Bertz CT molecular complexity index is 557. The fourth-order valence-corrected chi connectivity index (χ4v) is 2.74. The van der Waals surface area contributed by atoms with Crippen molar-refractivity contribution in [3.05, 3.63) is 46.6 Å². The first-order chi connectivity index (χ1) is 12.9. The number of hydrogen-bond donors (Lipinski definition) is 0. The summed E-state index contributed by atoms with van der Waals surface area (Å²) < 4.78 is 5.53. The fraction of sp³-hybridized carbons (Fsp3) is 0.640. The van der Waals surface area contributed by atoms with Gasteiger partial charge in [-0.1, -0.05) is 54.4 Å². The molecule has 1 heterocycles. The summed E-state index contributed by atoms with van der Waals surface area (Å²) in [7, 11) is 0. The Hall–Kier alpha value is -1.57. The Morgan fingerprint density at radius 1 is 0.852 bits per heavy atom. The molecule has 0 aromatic rings. The van der Waals surface area contributed by atoms with Gasteiger partial charge in [-0.05, 0) is 86.1 Å². The molecule has 1 aliphatic heterocycles. The average molecular weight is 374 g/mol. The van der Waals surface area contributed by atoms with Gasteiger partial charge < -0.3 is 4.74 Å². The van der Waals surface area contributed by atoms with Crippen LogP contribution in [0.4, 0.5) is 0 Å². The van der Waals surface area contributed by atoms with Gasteiger partial charge in [0.1, 0.15) is 6.61 Å². The van der Waals surface area contributed by atoms with Crippen LogP contribution in [0.5, 0.6) is 0 Å². The maximum absolute atomic E-state index is 5.53. The first-order valence-electron chi connectivity index (χ1n) is 10.7. The largest absolute Gasteiger partial charge is 0.476 e. The van der Waals surface area contributed by atoms with Crippen LogP contribution < -0.4 is 0 Å². The van der Waals surface area contributed by atoms with Gasteiger partial charge in [0, 0.05) is 0 Å². The van der Waals surface area contributed by atoms with Gasteiger partial charge in [-0.3, -0.25) is 0 Å². The molecule has 0 radical (unpaired) electrons. The molecule has 1 rings (SSSR count). The van der Waals surface area contributed by atoms with Gasteiger partial charge in [0.25, 0.3) is 0 Å². The van der Waals surface area contributed by atoms with E-state index in [9.17, 15) is 0 Å². The lowest BCUT2D eigenvalue weighted by molar-refractivity contribution is 0.325. The van der Waals surface area contributed by atoms with Crippen LogP contribution in [-0.4, -0.2) is 18.5 Å². The smallest absolute Gasteiger partial charge is 0.208 e. The summed E-state index contributed by atoms with van der Waals surface area (Å²) in [6.45, 7) is 17.8. The van der Waals surface area contributed by atoms with Crippen molar-refractivity contribution in [2.24, 2.45) is 4.99 Å². The van der Waals surface area contributed by atoms with E-state index in [4.69, 9.17) is 4.74 Å². The molecule has 27 heavy (non-hydrogen) atoms. The lowest BCUT2D eigenvalue weighted by Crippen LogP contribution is -1.99. The molecule has 1 unspecified atom stereocenters. The molecule has 0 N–H and O–H groups in total. The second-order valence-electron chi connectivity index (χ2n) is 7.62. The summed E-state index contributed by atoms with van der Waals surface area (Å²) in [6.07, 6.45) is 16.0. The standard InChI is InChI=1S/C23H37NO.C2H6/c1-18(2)10-7-11-19(3)12-8-13-20(4)14-9-15-21(5)16-23-24-22(6)17-25-23;1-2/h10,12,14,16,22H,7-9,11,13,15,17H2,1-6H3;1-2H3/b19-12+,20-14+,21-16+;. The molecule has 0 spiro atoms. The summed E-state index contributed by atoms with van der Waals surface area (Å²) in [5.41, 5.74) is 5.75. The van der Waals surface area contributed by atoms with Crippen molar-refractivity contribution < 1.29 is 4.74 Å². The minimum Gasteiger partial charge on any atom is -0.476 e. The van der Waals surface area contributed by atoms with Crippen LogP contribution >= 0.6 is 0 Å². The molecule has 0 amide bonds. The van der Waals surface area contributed by atoms with Gasteiger partial charge >= 0.3 is 0 Å². The van der Waals surface area contributed by atoms with Crippen molar-refractivity contribution in [2.45, 2.75) is 100.0 Å². The predicted octanol–water partition coefficient (Wildman–Crippen LogP) is 7.98. The summed E-state index contributed by atoms with van der Waals surface area (Å²) >= 11 is 0. The highest BCUT2D eigenvalue weighted by Gasteiger charge is 2.11. The Balaban J connectivity index is 0.00000326. The highest BCUT2D eigenvalue weighted by Crippen LogP contribution is 2.14. The SMILES string of the molecule is CC.CC(C)=CCC/C(C)=C/CC/C(C)=C/CC/C(C)=C/C1=NC(C)CO1. The second-order valence-corrected chi connectivity index (χ2v) is 7.62. The normalized spacial score (nSPS) is 17.7. The predicted molar refractivity (Wildman–Crippen MR) is 123 cm³/mol. The van der Waals surface area contributed by atoms with E-state index in [0.717, 1.165) is 38.2 Å². The van der Waals surface area contributed by atoms with Crippen molar-refractivity contribution in [1.29, 1.82) is 0 Å². The fourth-order valence-electron chi connectivity index (χ4n) is 2.74. The van der Waals surface area contributed by atoms with E-state index in [0.29, 0.717) is 6.04 Å². The zero-order chi connectivity index (χ0) is 20.7. The molecule has 0 fully saturated rings. The van der Waals surface area contributed by atoms with Crippen molar-refractivity contribution in [2.75, 3.05) is 6.61 Å². The first kappa shape index (κ1) is 25.4. The van der Waals surface area contributed by atoms with E-state index in [2.05, 4.69) is 70.8 Å². The van der Waals surface area contributed by atoms with Gasteiger partial charge in [0.2, 0.25) is 5.90 Å². The van der Waals surface area contributed by atoms with Crippen molar-refractivity contribution in [3.8, 4) is 0 Å². The molecule has 2 nitrogen and oxygen atoms in total. The van der Waals surface area contributed by atoms with E-state index in [1.807, 2.05) is 13.8 Å². The van der Waals surface area contributed by atoms with E-state index in [1.54, 1.807) is 0 Å². The number of aliphatic imine (C=N–C) groups is 1. The molecule has 0 bridgehead atoms. The number of hydrogen-bond acceptors (Lipinski definition) is 2. The Morgan fingerprint density at radius 2 is 1.33 bits per heavy atom. The number of nitrogens with zero attached hydrogens (tertiary/aromatic N) is 1. The molecule has 1 aliphatic rings. The molecule has 0 saturated heterocycles. The molecule has 154 valence electrons. The number of rotatable bonds is 10. The van der Waals surface area contributed by atoms with Gasteiger partial charge in [-0.15, -0.1) is 0 Å². The summed E-state index contributed by atoms with van der Waals surface area (Å²) in [5, 5.41) is 0. The third-order valence-electron chi connectivity index (χ3n) is 4.34. The van der Waals surface area contributed by atoms with Crippen LogP contribution in [0.2, 0.25) is 0 Å². The van der Waals surface area contributed by atoms with E-state index in [-0.39, 0.29) is 0 Å². The molecular formula is C25H43NO. The van der Waals surface area contributed by atoms with Crippen LogP contribution in [0.15, 0.2) is 51.6 Å². The molecule has 0 saturated carbocycles. The summed E-state index contributed by atoms with van der Waals surface area (Å²) in [5.74, 6) is 0.805. The zero-order valence-corrected chi connectivity index (χ0v) is 19.2. The molecular weight excluding hydrogens is 330 g/mol. The molecule has 0 aromatic heterocycles. The maximum Gasteiger partial charge on any atom is 0.208 e. The molecule has 0 aliphatic carbocycles. The number of allylic oxidation sites excluding steroid dienone is 7. The van der Waals surface area contributed by atoms with Crippen LogP contribution in [0, 0.1) is 0 Å². The zero-order valence-electron chi connectivity index (χ0n) is 19.2. The van der Waals surface area contributed by atoms with E-state index < -0.39 is 0 Å². The van der Waals surface area contributed by atoms with Crippen molar-refractivity contribution in [1.82, 2.24) is 0 Å². The highest BCUT2D eigenvalue weighted by molar-refractivity contribution is 5.89. The monoisotopic (exact) mass is 373 g/mol. The highest BCUT2D eigenvalue weighted by atomic mass is 16.5. The van der Waals surface area contributed by atoms with Crippen molar-refractivity contribution in [3.63, 3.8) is 0 Å². The third kappa shape index (κ3) is 14.2. The van der Waals surface area contributed by atoms with Crippen LogP contribution in [0.3, 0.4) is 0 Å². The van der Waals surface area contributed by atoms with E-state index in [1.165, 1.54) is 35.1 Å². The average Bonchev–Trinajstić information content (AvgIpc) is 3.01. The quantitative estimate of drug-likeness (QED) is 0.356. The molecule has 2 heteroatoms. The van der Waals surface area contributed by atoms with Gasteiger partial charge in [0.15, 0.2) is 0 Å². The number of ether oxygens (including phenoxy) is 1. The summed E-state index contributed by atoms with van der Waals surface area (Å²) in [4.78, 5) is 4.45. The van der Waals surface area contributed by atoms with Gasteiger partial charge in [-0.25, -0.2) is 4.99 Å². The second kappa shape index (κ2) is 15.5. The van der Waals surface area contributed by atoms with Gasteiger partial charge in [-0.2, -0.15) is 0 Å². The summed E-state index contributed by atoms with van der Waals surface area (Å²) in [6, 6.07) is 0.305. The maximum atomic E-state index is 5.53. The Labute approximate surface area is 169 Å². The first-order valence-corrected chi connectivity index (χ1v) is 10.7. The van der Waals surface area contributed by atoms with Gasteiger partial charge in [0.05, 0.1) is 6.04 Å². The lowest BCUT2D eigenvalue weighted by atomic mass is 10.0. The van der Waals surface area contributed by atoms with Crippen LogP contribution in [-0.2, 0) is 4.74 Å². The Kier molecular flexibility index (Phi) is 14.6. The van der Waals surface area contributed by atoms with Crippen LogP contribution in [0.25, 0.3) is 0 Å². The minimum absolute atomic E-state index is 0.305. The lowest BCUT2D eigenvalue weighted by Gasteiger charge is -2.03. The van der Waals surface area contributed by atoms with E-state index >= 15 is 0 Å². The topological polar surface area (TPSA) is 21.6 Å². The molecule has 1 atom stereocenters. The molecule has 0 aromatic carbocycles. The van der Waals surface area contributed by atoms with Crippen LogP contribution in [0.1, 0.15) is 93.9 Å². The Morgan fingerprint density at radius 3 is 1.78 bits per heavy atom. The minimum atomic E-state index is 0.305. The third-order valence-corrected chi connectivity index (χ3v) is 4.34. The van der Waals surface area contributed by atoms with Crippen molar-refractivity contribution >= 4 is 5.90 Å².